The van der Waals surface area contributed by atoms with Crippen molar-refractivity contribution in [2.24, 2.45) is 0 Å². The number of rotatable bonds is 3. The molecule has 0 N–H and O–H groups in total. The zero-order valence-electron chi connectivity index (χ0n) is 7.90. The lowest BCUT2D eigenvalue weighted by Gasteiger charge is -2.14. The first-order valence-corrected chi connectivity index (χ1v) is 5.75. The number of benzene rings is 1. The molecule has 74 valence electrons. The Morgan fingerprint density at radius 3 is 3.00 bits per heavy atom. The average molecular weight is 227 g/mol. The molecule has 14 heavy (non-hydrogen) atoms. The molecule has 0 spiro atoms. The van der Waals surface area contributed by atoms with Crippen LogP contribution in [0.1, 0.15) is 0 Å². The highest BCUT2D eigenvalue weighted by Gasteiger charge is 2.08. The molecule has 0 unspecified atom stereocenters. The van der Waals surface area contributed by atoms with Crippen LogP contribution in [0.5, 0.6) is 0 Å². The molecule has 0 aliphatic carbocycles. The van der Waals surface area contributed by atoms with Crippen molar-refractivity contribution in [2.45, 2.75) is 0 Å². The van der Waals surface area contributed by atoms with Gasteiger partial charge in [-0.05, 0) is 23.7 Å². The maximum absolute atomic E-state index is 5.71. The number of anilines is 1. The molecule has 1 heterocycles. The minimum Gasteiger partial charge on any atom is -0.364 e. The summed E-state index contributed by atoms with van der Waals surface area (Å²) in [5, 5.41) is 2.41. The fourth-order valence-electron chi connectivity index (χ4n) is 1.38. The lowest BCUT2D eigenvalue weighted by atomic mass is 10.2. The van der Waals surface area contributed by atoms with Crippen molar-refractivity contribution in [3.05, 3.63) is 24.3 Å². The summed E-state index contributed by atoms with van der Waals surface area (Å²) in [6, 6.07) is 8.17. The second-order valence-corrected chi connectivity index (χ2v) is 4.25. The molecule has 2 rings (SSSR count). The summed E-state index contributed by atoms with van der Waals surface area (Å²) in [4.78, 5) is 2.15. The van der Waals surface area contributed by atoms with Crippen LogP contribution in [0.4, 0.5) is 5.00 Å². The minimum atomic E-state index is 0.642. The molecule has 1 aromatic carbocycles. The highest BCUT2D eigenvalue weighted by molar-refractivity contribution is 7.11. The van der Waals surface area contributed by atoms with Gasteiger partial charge in [0, 0.05) is 24.9 Å². The molecule has 0 fully saturated rings. The molecule has 0 aliphatic heterocycles. The van der Waals surface area contributed by atoms with E-state index >= 15 is 0 Å². The summed E-state index contributed by atoms with van der Waals surface area (Å²) in [5.74, 6) is 0.642. The van der Waals surface area contributed by atoms with Gasteiger partial charge < -0.3 is 4.90 Å². The van der Waals surface area contributed by atoms with Crippen molar-refractivity contribution in [1.82, 2.24) is 4.37 Å². The van der Waals surface area contributed by atoms with E-state index in [0.717, 1.165) is 12.1 Å². The molecule has 1 aromatic heterocycles. The summed E-state index contributed by atoms with van der Waals surface area (Å²) in [6.07, 6.45) is 0. The lowest BCUT2D eigenvalue weighted by Crippen LogP contribution is -2.18. The molecular formula is C10H11ClN2S. The van der Waals surface area contributed by atoms with Gasteiger partial charge in [0.15, 0.2) is 0 Å². The van der Waals surface area contributed by atoms with Crippen LogP contribution in [0, 0.1) is 0 Å². The van der Waals surface area contributed by atoms with Gasteiger partial charge in [-0.3, -0.25) is 0 Å². The van der Waals surface area contributed by atoms with Gasteiger partial charge in [-0.25, -0.2) is 0 Å². The van der Waals surface area contributed by atoms with E-state index < -0.39 is 0 Å². The SMILES string of the molecule is CN(CCCl)c1snc2ccccc12. The molecule has 0 radical (unpaired) electrons. The third-order valence-electron chi connectivity index (χ3n) is 2.13. The van der Waals surface area contributed by atoms with Crippen LogP contribution < -0.4 is 4.90 Å². The van der Waals surface area contributed by atoms with Crippen molar-refractivity contribution in [3.8, 4) is 0 Å². The Hall–Kier alpha value is -0.800. The van der Waals surface area contributed by atoms with Gasteiger partial charge in [-0.1, -0.05) is 12.1 Å². The second-order valence-electron chi connectivity index (χ2n) is 3.12. The Balaban J connectivity index is 2.42. The first-order chi connectivity index (χ1) is 6.83. The molecule has 0 atom stereocenters. The highest BCUT2D eigenvalue weighted by Crippen LogP contribution is 2.29. The number of hydrogen-bond acceptors (Lipinski definition) is 3. The van der Waals surface area contributed by atoms with Crippen LogP contribution in [0.2, 0.25) is 0 Å². The molecule has 2 aromatic rings. The smallest absolute Gasteiger partial charge is 0.119 e. The van der Waals surface area contributed by atoms with Gasteiger partial charge in [0.1, 0.15) is 5.00 Å². The zero-order chi connectivity index (χ0) is 9.97. The van der Waals surface area contributed by atoms with Crippen LogP contribution in [0.15, 0.2) is 24.3 Å². The maximum atomic E-state index is 5.71. The summed E-state index contributed by atoms with van der Waals surface area (Å²) in [5.41, 5.74) is 1.06. The quantitative estimate of drug-likeness (QED) is 0.749. The number of fused-ring (bicyclic) bond motifs is 1. The Bertz CT molecular complexity index is 427. The molecule has 0 bridgehead atoms. The van der Waals surface area contributed by atoms with Gasteiger partial charge in [0.2, 0.25) is 0 Å². The zero-order valence-corrected chi connectivity index (χ0v) is 9.48. The van der Waals surface area contributed by atoms with Crippen molar-refractivity contribution < 1.29 is 0 Å². The Labute approximate surface area is 92.3 Å². The Kier molecular flexibility index (Phi) is 2.89. The van der Waals surface area contributed by atoms with Crippen LogP contribution >= 0.6 is 23.1 Å². The third kappa shape index (κ3) is 1.70. The predicted octanol–water partition coefficient (Wildman–Crippen LogP) is 2.97. The number of halogens is 1. The molecule has 2 nitrogen and oxygen atoms in total. The normalized spacial score (nSPS) is 10.7. The van der Waals surface area contributed by atoms with E-state index in [4.69, 9.17) is 11.6 Å². The monoisotopic (exact) mass is 226 g/mol. The van der Waals surface area contributed by atoms with E-state index in [1.807, 2.05) is 25.2 Å². The lowest BCUT2D eigenvalue weighted by molar-refractivity contribution is 0.992. The average Bonchev–Trinajstić information content (AvgIpc) is 2.61. The minimum absolute atomic E-state index is 0.642. The van der Waals surface area contributed by atoms with Crippen molar-refractivity contribution >= 4 is 39.0 Å². The molecule has 4 heteroatoms. The number of hydrogen-bond donors (Lipinski definition) is 0. The summed E-state index contributed by atoms with van der Waals surface area (Å²) >= 11 is 7.24. The summed E-state index contributed by atoms with van der Waals surface area (Å²) in [6.45, 7) is 0.855. The van der Waals surface area contributed by atoms with E-state index in [1.54, 1.807) is 0 Å². The van der Waals surface area contributed by atoms with Gasteiger partial charge >= 0.3 is 0 Å². The fourth-order valence-corrected chi connectivity index (χ4v) is 2.48. The summed E-state index contributed by atoms with van der Waals surface area (Å²) < 4.78 is 4.38. The van der Waals surface area contributed by atoms with Crippen molar-refractivity contribution in [1.29, 1.82) is 0 Å². The van der Waals surface area contributed by atoms with Gasteiger partial charge in [-0.15, -0.1) is 11.6 Å². The Morgan fingerprint density at radius 2 is 2.21 bits per heavy atom. The van der Waals surface area contributed by atoms with E-state index in [2.05, 4.69) is 15.3 Å². The van der Waals surface area contributed by atoms with Crippen molar-refractivity contribution in [2.75, 3.05) is 24.4 Å². The van der Waals surface area contributed by atoms with E-state index in [9.17, 15) is 0 Å². The van der Waals surface area contributed by atoms with Crippen LogP contribution in [0.3, 0.4) is 0 Å². The van der Waals surface area contributed by atoms with Gasteiger partial charge in [-0.2, -0.15) is 4.37 Å². The van der Waals surface area contributed by atoms with Gasteiger partial charge in [0.25, 0.3) is 0 Å². The van der Waals surface area contributed by atoms with Crippen LogP contribution in [-0.2, 0) is 0 Å². The number of nitrogens with zero attached hydrogens (tertiary/aromatic N) is 2. The van der Waals surface area contributed by atoms with Gasteiger partial charge in [0.05, 0.1) is 5.52 Å². The first-order valence-electron chi connectivity index (χ1n) is 4.44. The Morgan fingerprint density at radius 1 is 1.43 bits per heavy atom. The van der Waals surface area contributed by atoms with E-state index in [0.29, 0.717) is 5.88 Å². The first kappa shape index (κ1) is 9.74. The third-order valence-corrected chi connectivity index (χ3v) is 3.29. The fraction of sp³-hybridized carbons (Fsp3) is 0.300. The largest absolute Gasteiger partial charge is 0.364 e. The van der Waals surface area contributed by atoms with E-state index in [1.165, 1.54) is 21.9 Å². The highest BCUT2D eigenvalue weighted by atomic mass is 35.5. The molecule has 0 aliphatic rings. The predicted molar refractivity (Wildman–Crippen MR) is 63.6 cm³/mol. The van der Waals surface area contributed by atoms with Crippen LogP contribution in [-0.4, -0.2) is 23.8 Å². The molecular weight excluding hydrogens is 216 g/mol. The van der Waals surface area contributed by atoms with Crippen LogP contribution in [0.25, 0.3) is 10.9 Å². The number of aromatic nitrogens is 1. The molecule has 0 saturated carbocycles. The van der Waals surface area contributed by atoms with Crippen molar-refractivity contribution in [3.63, 3.8) is 0 Å². The second kappa shape index (κ2) is 4.15. The topological polar surface area (TPSA) is 16.1 Å². The number of alkyl halides is 1. The molecule has 0 saturated heterocycles. The van der Waals surface area contributed by atoms with E-state index in [-0.39, 0.29) is 0 Å². The summed E-state index contributed by atoms with van der Waals surface area (Å²) in [7, 11) is 2.04. The molecule has 0 amide bonds. The maximum Gasteiger partial charge on any atom is 0.119 e. The standard InChI is InChI=1S/C10H11ClN2S/c1-13(7-6-11)10-8-4-2-3-5-9(8)12-14-10/h2-5H,6-7H2,1H3.